The van der Waals surface area contributed by atoms with Crippen LogP contribution < -0.4 is 4.90 Å². The van der Waals surface area contributed by atoms with E-state index in [1.165, 1.54) is 5.56 Å². The molecule has 1 aliphatic rings. The van der Waals surface area contributed by atoms with Crippen molar-refractivity contribution in [3.63, 3.8) is 0 Å². The summed E-state index contributed by atoms with van der Waals surface area (Å²) in [5, 5.41) is 9.62. The lowest BCUT2D eigenvalue weighted by atomic mass is 10.2. The van der Waals surface area contributed by atoms with Crippen LogP contribution in [0.4, 0.5) is 5.13 Å². The van der Waals surface area contributed by atoms with Crippen LogP contribution >= 0.6 is 22.7 Å². The Labute approximate surface area is 183 Å². The number of carbonyl (C=O) groups excluding carboxylic acids is 1. The number of thiophene rings is 1. The van der Waals surface area contributed by atoms with E-state index in [4.69, 9.17) is 10.1 Å². The molecule has 0 saturated carbocycles. The maximum Gasteiger partial charge on any atom is 0.254 e. The van der Waals surface area contributed by atoms with Crippen molar-refractivity contribution in [2.45, 2.75) is 20.3 Å². The van der Waals surface area contributed by atoms with Gasteiger partial charge >= 0.3 is 0 Å². The molecule has 0 spiro atoms. The fourth-order valence-corrected chi connectivity index (χ4v) is 5.55. The number of nitrogens with zero attached hydrogens (tertiary/aromatic N) is 5. The number of benzene rings is 1. The van der Waals surface area contributed by atoms with Crippen LogP contribution in [0.1, 0.15) is 28.0 Å². The molecule has 0 radical (unpaired) electrons. The lowest BCUT2D eigenvalue weighted by molar-refractivity contribution is 0.0767. The molecule has 1 aliphatic heterocycles. The third-order valence-electron chi connectivity index (χ3n) is 5.45. The van der Waals surface area contributed by atoms with E-state index in [2.05, 4.69) is 36.1 Å². The summed E-state index contributed by atoms with van der Waals surface area (Å²) in [7, 11) is 0. The van der Waals surface area contributed by atoms with E-state index in [1.54, 1.807) is 22.7 Å². The molecular formula is C22H23N5OS2. The molecule has 0 aliphatic carbocycles. The van der Waals surface area contributed by atoms with Crippen LogP contribution in [0, 0.1) is 13.8 Å². The van der Waals surface area contributed by atoms with Crippen molar-refractivity contribution in [3.05, 3.63) is 57.9 Å². The SMILES string of the molecule is Cc1cccc(-n2nc(C)c3sc(N4CCCN(C(=O)c5ccsc5)CC4)nc32)c1. The fraction of sp³-hybridized carbons (Fsp3) is 0.318. The summed E-state index contributed by atoms with van der Waals surface area (Å²) in [5.41, 5.74) is 4.94. The molecule has 0 bridgehead atoms. The van der Waals surface area contributed by atoms with Crippen LogP contribution in [0.15, 0.2) is 41.1 Å². The summed E-state index contributed by atoms with van der Waals surface area (Å²) in [6.45, 7) is 7.33. The first-order valence-corrected chi connectivity index (χ1v) is 11.9. The predicted molar refractivity (Wildman–Crippen MR) is 123 cm³/mol. The van der Waals surface area contributed by atoms with Crippen LogP contribution in [0.5, 0.6) is 0 Å². The quantitative estimate of drug-likeness (QED) is 0.473. The van der Waals surface area contributed by atoms with Crippen LogP contribution in [-0.4, -0.2) is 51.8 Å². The van der Waals surface area contributed by atoms with Gasteiger partial charge in [-0.15, -0.1) is 0 Å². The molecule has 5 rings (SSSR count). The summed E-state index contributed by atoms with van der Waals surface area (Å²) in [4.78, 5) is 22.0. The van der Waals surface area contributed by atoms with Gasteiger partial charge in [-0.2, -0.15) is 21.4 Å². The maximum absolute atomic E-state index is 12.7. The largest absolute Gasteiger partial charge is 0.346 e. The molecule has 1 fully saturated rings. The van der Waals surface area contributed by atoms with Crippen molar-refractivity contribution in [2.24, 2.45) is 0 Å². The number of hydrogen-bond acceptors (Lipinski definition) is 6. The maximum atomic E-state index is 12.7. The smallest absolute Gasteiger partial charge is 0.254 e. The van der Waals surface area contributed by atoms with Crippen molar-refractivity contribution >= 4 is 44.1 Å². The van der Waals surface area contributed by atoms with Crippen LogP contribution in [0.25, 0.3) is 16.0 Å². The highest BCUT2D eigenvalue weighted by Crippen LogP contribution is 2.33. The second-order valence-corrected chi connectivity index (χ2v) is 9.39. The number of aryl methyl sites for hydroxylation is 2. The van der Waals surface area contributed by atoms with E-state index >= 15 is 0 Å². The van der Waals surface area contributed by atoms with Gasteiger partial charge in [-0.25, -0.2) is 4.68 Å². The van der Waals surface area contributed by atoms with E-state index < -0.39 is 0 Å². The Bertz CT molecular complexity index is 1190. The monoisotopic (exact) mass is 437 g/mol. The Morgan fingerprint density at radius 1 is 1.10 bits per heavy atom. The van der Waals surface area contributed by atoms with Crippen molar-refractivity contribution in [1.82, 2.24) is 19.7 Å². The number of carbonyl (C=O) groups is 1. The summed E-state index contributed by atoms with van der Waals surface area (Å²) < 4.78 is 3.07. The highest BCUT2D eigenvalue weighted by atomic mass is 32.1. The van der Waals surface area contributed by atoms with Gasteiger partial charge in [-0.05, 0) is 49.4 Å². The minimum atomic E-state index is 0.133. The van der Waals surface area contributed by atoms with E-state index in [-0.39, 0.29) is 5.91 Å². The molecule has 0 N–H and O–H groups in total. The highest BCUT2D eigenvalue weighted by Gasteiger charge is 2.24. The molecule has 3 aromatic heterocycles. The third kappa shape index (κ3) is 3.50. The Morgan fingerprint density at radius 3 is 2.80 bits per heavy atom. The minimum absolute atomic E-state index is 0.133. The topological polar surface area (TPSA) is 54.3 Å². The van der Waals surface area contributed by atoms with E-state index in [9.17, 15) is 4.79 Å². The van der Waals surface area contributed by atoms with Gasteiger partial charge in [-0.3, -0.25) is 4.79 Å². The van der Waals surface area contributed by atoms with Crippen molar-refractivity contribution in [2.75, 3.05) is 31.1 Å². The van der Waals surface area contributed by atoms with Gasteiger partial charge in [0, 0.05) is 31.6 Å². The lowest BCUT2D eigenvalue weighted by Crippen LogP contribution is -2.35. The molecule has 0 unspecified atom stereocenters. The average molecular weight is 438 g/mol. The standard InChI is InChI=1S/C22H23N5OS2/c1-15-5-3-6-18(13-15)27-20-19(16(2)24-27)30-22(23-20)26-9-4-8-25(10-11-26)21(28)17-7-12-29-14-17/h3,5-7,12-14H,4,8-11H2,1-2H3. The molecule has 154 valence electrons. The number of aromatic nitrogens is 3. The van der Waals surface area contributed by atoms with Crippen LogP contribution in [0.2, 0.25) is 0 Å². The molecule has 1 aromatic carbocycles. The van der Waals surface area contributed by atoms with Gasteiger partial charge in [0.1, 0.15) is 0 Å². The van der Waals surface area contributed by atoms with Crippen molar-refractivity contribution < 1.29 is 4.79 Å². The highest BCUT2D eigenvalue weighted by molar-refractivity contribution is 7.22. The molecule has 8 heteroatoms. The number of hydrogen-bond donors (Lipinski definition) is 0. The normalized spacial score (nSPS) is 15.0. The van der Waals surface area contributed by atoms with E-state index in [1.807, 2.05) is 33.3 Å². The number of rotatable bonds is 3. The van der Waals surface area contributed by atoms with Gasteiger partial charge in [0.15, 0.2) is 10.8 Å². The molecule has 4 aromatic rings. The van der Waals surface area contributed by atoms with Gasteiger partial charge in [0.05, 0.1) is 21.6 Å². The summed E-state index contributed by atoms with van der Waals surface area (Å²) >= 11 is 3.26. The second kappa shape index (κ2) is 7.85. The zero-order valence-electron chi connectivity index (χ0n) is 17.0. The number of anilines is 1. The molecule has 4 heterocycles. The first-order valence-electron chi connectivity index (χ1n) is 10.1. The third-order valence-corrected chi connectivity index (χ3v) is 7.34. The number of thiazole rings is 1. The second-order valence-electron chi connectivity index (χ2n) is 7.63. The Balaban J connectivity index is 1.40. The van der Waals surface area contributed by atoms with E-state index in [0.29, 0.717) is 6.54 Å². The minimum Gasteiger partial charge on any atom is -0.346 e. The van der Waals surface area contributed by atoms with Crippen LogP contribution in [0.3, 0.4) is 0 Å². The summed E-state index contributed by atoms with van der Waals surface area (Å²) in [5.74, 6) is 0.133. The van der Waals surface area contributed by atoms with Gasteiger partial charge in [0.2, 0.25) is 0 Å². The van der Waals surface area contributed by atoms with Crippen molar-refractivity contribution in [3.8, 4) is 5.69 Å². The van der Waals surface area contributed by atoms with Gasteiger partial charge < -0.3 is 9.80 Å². The zero-order chi connectivity index (χ0) is 20.7. The fourth-order valence-electron chi connectivity index (χ4n) is 3.88. The zero-order valence-corrected chi connectivity index (χ0v) is 18.7. The van der Waals surface area contributed by atoms with Crippen molar-refractivity contribution in [1.29, 1.82) is 0 Å². The number of amides is 1. The van der Waals surface area contributed by atoms with Gasteiger partial charge in [-0.1, -0.05) is 23.5 Å². The molecule has 1 saturated heterocycles. The molecule has 0 atom stereocenters. The molecule has 1 amide bonds. The lowest BCUT2D eigenvalue weighted by Gasteiger charge is -2.21. The van der Waals surface area contributed by atoms with E-state index in [0.717, 1.165) is 58.5 Å². The Kier molecular flexibility index (Phi) is 5.04. The molecule has 6 nitrogen and oxygen atoms in total. The summed E-state index contributed by atoms with van der Waals surface area (Å²) in [6, 6.07) is 10.2. The molecule has 30 heavy (non-hydrogen) atoms. The summed E-state index contributed by atoms with van der Waals surface area (Å²) in [6.07, 6.45) is 0.939. The Hall–Kier alpha value is -2.71. The average Bonchev–Trinajstić information content (AvgIpc) is 3.43. The first kappa shape index (κ1) is 19.3. The van der Waals surface area contributed by atoms with Gasteiger partial charge in [0.25, 0.3) is 5.91 Å². The molecular weight excluding hydrogens is 414 g/mol. The van der Waals surface area contributed by atoms with Crippen LogP contribution in [-0.2, 0) is 0 Å². The first-order chi connectivity index (χ1) is 14.6. The number of fused-ring (bicyclic) bond motifs is 1. The predicted octanol–water partition coefficient (Wildman–Crippen LogP) is 4.51. The Morgan fingerprint density at radius 2 is 2.00 bits per heavy atom.